The zero-order chi connectivity index (χ0) is 11.1. The highest BCUT2D eigenvalue weighted by Crippen LogP contribution is 2.17. The van der Waals surface area contributed by atoms with Crippen molar-refractivity contribution in [2.75, 3.05) is 5.73 Å². The first kappa shape index (κ1) is 8.96. The summed E-state index contributed by atoms with van der Waals surface area (Å²) in [6.45, 7) is 1.93. The number of nitrogens with zero attached hydrogens (tertiary/aromatic N) is 3. The minimum absolute atomic E-state index is 0.492. The maximum atomic E-state index is 5.74. The van der Waals surface area contributed by atoms with Crippen molar-refractivity contribution in [2.24, 2.45) is 0 Å². The van der Waals surface area contributed by atoms with Crippen LogP contribution in [0.4, 0.5) is 5.82 Å². The second kappa shape index (κ2) is 3.10. The van der Waals surface area contributed by atoms with Gasteiger partial charge in [-0.15, -0.1) is 0 Å². The van der Waals surface area contributed by atoms with Gasteiger partial charge in [0.05, 0.1) is 22.9 Å². The number of nitrogen functional groups attached to an aromatic ring is 1. The van der Waals surface area contributed by atoms with E-state index in [0.717, 1.165) is 22.5 Å². The number of aromatic nitrogens is 4. The minimum Gasteiger partial charge on any atom is -0.383 e. The van der Waals surface area contributed by atoms with Gasteiger partial charge in [0.25, 0.3) is 0 Å². The summed E-state index contributed by atoms with van der Waals surface area (Å²) in [5, 5.41) is 4.10. The van der Waals surface area contributed by atoms with Crippen molar-refractivity contribution >= 4 is 16.9 Å². The van der Waals surface area contributed by atoms with E-state index in [1.807, 2.05) is 25.1 Å². The molecule has 3 N–H and O–H groups in total. The third-order valence-electron chi connectivity index (χ3n) is 2.44. The fourth-order valence-electron chi connectivity index (χ4n) is 1.74. The van der Waals surface area contributed by atoms with Gasteiger partial charge in [-0.3, -0.25) is 0 Å². The maximum absolute atomic E-state index is 5.74. The molecule has 16 heavy (non-hydrogen) atoms. The molecule has 0 saturated carbocycles. The number of anilines is 1. The number of hydrogen-bond donors (Lipinski definition) is 2. The van der Waals surface area contributed by atoms with Gasteiger partial charge in [-0.25, -0.2) is 9.67 Å². The van der Waals surface area contributed by atoms with Crippen molar-refractivity contribution in [2.45, 2.75) is 6.92 Å². The number of nitrogens with one attached hydrogen (secondary N) is 1. The number of rotatable bonds is 1. The smallest absolute Gasteiger partial charge is 0.135 e. The predicted molar refractivity (Wildman–Crippen MR) is 61.2 cm³/mol. The van der Waals surface area contributed by atoms with E-state index in [0.29, 0.717) is 5.82 Å². The fraction of sp³-hybridized carbons (Fsp3) is 0.0909. The Balaban J connectivity index is 2.22. The first-order chi connectivity index (χ1) is 7.74. The molecule has 0 bridgehead atoms. The van der Waals surface area contributed by atoms with Crippen LogP contribution in [0.2, 0.25) is 0 Å². The molecule has 2 heterocycles. The maximum Gasteiger partial charge on any atom is 0.135 e. The molecule has 1 aromatic carbocycles. The third kappa shape index (κ3) is 1.25. The van der Waals surface area contributed by atoms with Crippen LogP contribution < -0.4 is 5.73 Å². The van der Waals surface area contributed by atoms with Crippen molar-refractivity contribution in [3.8, 4) is 5.69 Å². The van der Waals surface area contributed by atoms with Gasteiger partial charge in [-0.1, -0.05) is 0 Å². The van der Waals surface area contributed by atoms with E-state index in [9.17, 15) is 0 Å². The molecule has 5 heteroatoms. The standard InChI is InChI=1S/C11H10N5/c1-7-14-9-3-2-8(6-10(9)15-7)16-11(12)4-5-13-16/h2-3,5-6H,12H2,1H3,(H,14,15). The molecule has 79 valence electrons. The van der Waals surface area contributed by atoms with E-state index < -0.39 is 0 Å². The fourth-order valence-corrected chi connectivity index (χ4v) is 1.74. The molecule has 0 unspecified atom stereocenters. The summed E-state index contributed by atoms with van der Waals surface area (Å²) in [7, 11) is 0. The molecule has 5 nitrogen and oxygen atoms in total. The number of H-pyrrole nitrogens is 1. The molecular formula is C11H10N5. The summed E-state index contributed by atoms with van der Waals surface area (Å²) in [5.74, 6) is 1.39. The molecule has 0 amide bonds. The van der Waals surface area contributed by atoms with Crippen LogP contribution in [-0.2, 0) is 0 Å². The number of fused-ring (bicyclic) bond motifs is 1. The van der Waals surface area contributed by atoms with Gasteiger partial charge in [0, 0.05) is 6.07 Å². The highest BCUT2D eigenvalue weighted by atomic mass is 15.3. The first-order valence-electron chi connectivity index (χ1n) is 4.92. The van der Waals surface area contributed by atoms with E-state index in [1.165, 1.54) is 0 Å². The summed E-state index contributed by atoms with van der Waals surface area (Å²) in [5.41, 5.74) is 8.54. The lowest BCUT2D eigenvalue weighted by molar-refractivity contribution is 0.892. The van der Waals surface area contributed by atoms with Gasteiger partial charge in [0.1, 0.15) is 11.6 Å². The predicted octanol–water partition coefficient (Wildman–Crippen LogP) is 1.44. The third-order valence-corrected chi connectivity index (χ3v) is 2.44. The van der Waals surface area contributed by atoms with Crippen molar-refractivity contribution in [1.82, 2.24) is 19.7 Å². The molecule has 3 rings (SSSR count). The summed E-state index contributed by atoms with van der Waals surface area (Å²) in [4.78, 5) is 7.53. The number of nitrogens with two attached hydrogens (primary N) is 1. The molecule has 0 spiro atoms. The van der Waals surface area contributed by atoms with Crippen LogP contribution in [0, 0.1) is 13.0 Å². The molecule has 0 aliphatic rings. The number of aromatic amines is 1. The zero-order valence-corrected chi connectivity index (χ0v) is 8.73. The van der Waals surface area contributed by atoms with Crippen LogP contribution in [0.3, 0.4) is 0 Å². The summed E-state index contributed by atoms with van der Waals surface area (Å²) in [6, 6.07) is 8.67. The van der Waals surface area contributed by atoms with Crippen LogP contribution in [0.5, 0.6) is 0 Å². The number of imidazole rings is 1. The van der Waals surface area contributed by atoms with Crippen molar-refractivity contribution in [3.63, 3.8) is 0 Å². The Kier molecular flexibility index (Phi) is 1.73. The largest absolute Gasteiger partial charge is 0.383 e. The molecule has 0 aliphatic carbocycles. The van der Waals surface area contributed by atoms with Crippen LogP contribution in [-0.4, -0.2) is 19.7 Å². The van der Waals surface area contributed by atoms with Crippen molar-refractivity contribution < 1.29 is 0 Å². The van der Waals surface area contributed by atoms with Crippen LogP contribution >= 0.6 is 0 Å². The van der Waals surface area contributed by atoms with E-state index in [4.69, 9.17) is 5.73 Å². The Morgan fingerprint density at radius 3 is 3.06 bits per heavy atom. The number of hydrogen-bond acceptors (Lipinski definition) is 3. The van der Waals surface area contributed by atoms with Gasteiger partial charge in [-0.05, 0) is 25.1 Å². The summed E-state index contributed by atoms with van der Waals surface area (Å²) < 4.78 is 1.63. The summed E-state index contributed by atoms with van der Waals surface area (Å²) in [6.07, 6.45) is 1.55. The Morgan fingerprint density at radius 1 is 1.44 bits per heavy atom. The van der Waals surface area contributed by atoms with Crippen LogP contribution in [0.15, 0.2) is 24.4 Å². The second-order valence-corrected chi connectivity index (χ2v) is 3.61. The lowest BCUT2D eigenvalue weighted by Crippen LogP contribution is -2.01. The summed E-state index contributed by atoms with van der Waals surface area (Å²) >= 11 is 0. The molecule has 0 saturated heterocycles. The van der Waals surface area contributed by atoms with Crippen LogP contribution in [0.1, 0.15) is 5.82 Å². The second-order valence-electron chi connectivity index (χ2n) is 3.61. The first-order valence-corrected chi connectivity index (χ1v) is 4.92. The van der Waals surface area contributed by atoms with Gasteiger partial charge in [-0.2, -0.15) is 5.10 Å². The van der Waals surface area contributed by atoms with Gasteiger partial charge in [0.2, 0.25) is 0 Å². The van der Waals surface area contributed by atoms with Gasteiger partial charge in [0.15, 0.2) is 0 Å². The molecule has 2 aromatic heterocycles. The SMILES string of the molecule is Cc1nc2cc(-n3nc[c]c3N)ccc2[nH]1. The Hall–Kier alpha value is -2.30. The monoisotopic (exact) mass is 212 g/mol. The Bertz CT molecular complexity index is 649. The normalized spacial score (nSPS) is 11.1. The van der Waals surface area contributed by atoms with E-state index >= 15 is 0 Å². The highest BCUT2D eigenvalue weighted by Gasteiger charge is 2.05. The lowest BCUT2D eigenvalue weighted by Gasteiger charge is -2.02. The average Bonchev–Trinajstić information content (AvgIpc) is 2.81. The van der Waals surface area contributed by atoms with E-state index in [1.54, 1.807) is 10.9 Å². The Morgan fingerprint density at radius 2 is 2.31 bits per heavy atom. The molecule has 0 aliphatic heterocycles. The molecule has 0 fully saturated rings. The van der Waals surface area contributed by atoms with Crippen molar-refractivity contribution in [3.05, 3.63) is 36.3 Å². The number of benzene rings is 1. The molecule has 3 aromatic rings. The quantitative estimate of drug-likeness (QED) is 0.641. The van der Waals surface area contributed by atoms with E-state index in [2.05, 4.69) is 21.1 Å². The average molecular weight is 212 g/mol. The zero-order valence-electron chi connectivity index (χ0n) is 8.73. The van der Waals surface area contributed by atoms with Crippen LogP contribution in [0.25, 0.3) is 16.7 Å². The molecule has 1 radical (unpaired) electrons. The van der Waals surface area contributed by atoms with Gasteiger partial charge < -0.3 is 10.7 Å². The highest BCUT2D eigenvalue weighted by molar-refractivity contribution is 5.77. The number of aryl methyl sites for hydroxylation is 1. The van der Waals surface area contributed by atoms with Gasteiger partial charge >= 0.3 is 0 Å². The van der Waals surface area contributed by atoms with Crippen molar-refractivity contribution in [1.29, 1.82) is 0 Å². The minimum atomic E-state index is 0.492. The van der Waals surface area contributed by atoms with E-state index in [-0.39, 0.29) is 0 Å². The molecule has 0 atom stereocenters. The topological polar surface area (TPSA) is 72.5 Å². The molecular weight excluding hydrogens is 202 g/mol. The lowest BCUT2D eigenvalue weighted by atomic mass is 10.3. The Labute approximate surface area is 91.9 Å².